The molecule has 2 rings (SSSR count). The monoisotopic (exact) mass is 255 g/mol. The van der Waals surface area contributed by atoms with Gasteiger partial charge in [0.2, 0.25) is 0 Å². The van der Waals surface area contributed by atoms with Gasteiger partial charge in [-0.15, -0.1) is 0 Å². The lowest BCUT2D eigenvalue weighted by molar-refractivity contribution is -0.349. The van der Waals surface area contributed by atoms with Crippen LogP contribution in [0.25, 0.3) is 0 Å². The van der Waals surface area contributed by atoms with Gasteiger partial charge in [-0.1, -0.05) is 35.9 Å². The number of nitro groups is 1. The van der Waals surface area contributed by atoms with Crippen LogP contribution in [0.1, 0.15) is 11.1 Å². The fourth-order valence-electron chi connectivity index (χ4n) is 1.54. The van der Waals surface area contributed by atoms with Crippen LogP contribution >= 0.6 is 0 Å². The number of benzene rings is 2. The van der Waals surface area contributed by atoms with Crippen LogP contribution in [0, 0.1) is 17.0 Å². The molecule has 0 saturated carbocycles. The first-order valence-corrected chi connectivity index (χ1v) is 5.77. The number of aryl methyl sites for hydroxylation is 1. The van der Waals surface area contributed by atoms with Crippen molar-refractivity contribution in [3.8, 4) is 0 Å². The molecule has 5 nitrogen and oxygen atoms in total. The number of hydrogen-bond donors (Lipinski definition) is 1. The van der Waals surface area contributed by atoms with Crippen LogP contribution in [0.15, 0.2) is 59.7 Å². The van der Waals surface area contributed by atoms with E-state index in [1.54, 1.807) is 24.3 Å². The highest BCUT2D eigenvalue weighted by molar-refractivity contribution is 5.92. The van der Waals surface area contributed by atoms with E-state index in [9.17, 15) is 10.1 Å². The predicted molar refractivity (Wildman–Crippen MR) is 74.8 cm³/mol. The molecule has 0 atom stereocenters. The van der Waals surface area contributed by atoms with Crippen LogP contribution in [0.4, 0.5) is 5.69 Å². The number of amidine groups is 1. The van der Waals surface area contributed by atoms with Gasteiger partial charge in [0.1, 0.15) is 0 Å². The van der Waals surface area contributed by atoms with Gasteiger partial charge in [0.25, 0.3) is 0 Å². The fourth-order valence-corrected chi connectivity index (χ4v) is 1.54. The Labute approximate surface area is 110 Å². The van der Waals surface area contributed by atoms with Gasteiger partial charge in [-0.25, -0.2) is 0 Å². The molecule has 0 aliphatic carbocycles. The van der Waals surface area contributed by atoms with Crippen molar-refractivity contribution in [3.63, 3.8) is 0 Å². The largest absolute Gasteiger partial charge is 0.395 e. The van der Waals surface area contributed by atoms with Crippen molar-refractivity contribution in [1.29, 1.82) is 0 Å². The van der Waals surface area contributed by atoms with E-state index < -0.39 is 4.92 Å². The zero-order valence-electron chi connectivity index (χ0n) is 10.4. The molecule has 2 aromatic rings. The minimum atomic E-state index is -0.499. The Morgan fingerprint density at radius 3 is 2.32 bits per heavy atom. The maximum Gasteiger partial charge on any atom is 0.395 e. The summed E-state index contributed by atoms with van der Waals surface area (Å²) in [5.74, 6) is -0.205. The third kappa shape index (κ3) is 3.38. The van der Waals surface area contributed by atoms with E-state index in [2.05, 4.69) is 10.5 Å². The second-order valence-corrected chi connectivity index (χ2v) is 4.04. The van der Waals surface area contributed by atoms with Gasteiger partial charge >= 0.3 is 5.84 Å². The molecular formula is C14H13N3O2. The van der Waals surface area contributed by atoms with Gasteiger partial charge in [0.05, 0.1) is 16.4 Å². The van der Waals surface area contributed by atoms with Crippen LogP contribution in [0.5, 0.6) is 0 Å². The molecule has 0 amide bonds. The van der Waals surface area contributed by atoms with Crippen LogP contribution in [0.3, 0.4) is 0 Å². The maximum absolute atomic E-state index is 11.0. The average molecular weight is 255 g/mol. The second-order valence-electron chi connectivity index (χ2n) is 4.04. The summed E-state index contributed by atoms with van der Waals surface area (Å²) in [7, 11) is 0. The van der Waals surface area contributed by atoms with Crippen LogP contribution in [-0.4, -0.2) is 10.8 Å². The quantitative estimate of drug-likeness (QED) is 0.396. The lowest BCUT2D eigenvalue weighted by Crippen LogP contribution is -2.15. The van der Waals surface area contributed by atoms with Gasteiger partial charge in [-0.2, -0.15) is 5.43 Å². The zero-order valence-corrected chi connectivity index (χ0v) is 10.4. The summed E-state index contributed by atoms with van der Waals surface area (Å²) in [4.78, 5) is 10.5. The highest BCUT2D eigenvalue weighted by Crippen LogP contribution is 2.08. The number of nitrogens with one attached hydrogen (secondary N) is 1. The summed E-state index contributed by atoms with van der Waals surface area (Å²) in [6, 6.07) is 16.1. The molecule has 0 spiro atoms. The summed E-state index contributed by atoms with van der Waals surface area (Å²) < 4.78 is 0. The molecule has 0 bridgehead atoms. The standard InChI is InChI=1S/C14H13N3O2/c1-11-7-9-12(10-8-11)14(17(18)19)16-15-13-5-3-2-4-6-13/h2-10,15H,1H3/b16-14-. The first-order valence-electron chi connectivity index (χ1n) is 5.77. The van der Waals surface area contributed by atoms with Crippen LogP contribution in [-0.2, 0) is 0 Å². The van der Waals surface area contributed by atoms with E-state index in [0.29, 0.717) is 11.3 Å². The smallest absolute Gasteiger partial charge is 0.358 e. The Morgan fingerprint density at radius 1 is 1.11 bits per heavy atom. The van der Waals surface area contributed by atoms with Gasteiger partial charge < -0.3 is 10.1 Å². The summed E-state index contributed by atoms with van der Waals surface area (Å²) in [6.07, 6.45) is 0. The molecule has 0 unspecified atom stereocenters. The molecule has 2 aromatic carbocycles. The fraction of sp³-hybridized carbons (Fsp3) is 0.0714. The van der Waals surface area contributed by atoms with E-state index in [1.165, 1.54) is 0 Å². The van der Waals surface area contributed by atoms with E-state index in [-0.39, 0.29) is 5.84 Å². The molecule has 96 valence electrons. The Balaban J connectivity index is 2.25. The third-order valence-electron chi connectivity index (χ3n) is 2.55. The highest BCUT2D eigenvalue weighted by Gasteiger charge is 2.15. The van der Waals surface area contributed by atoms with Crippen molar-refractivity contribution in [2.75, 3.05) is 5.43 Å². The molecule has 0 aliphatic rings. The van der Waals surface area contributed by atoms with Gasteiger partial charge in [0.15, 0.2) is 0 Å². The Morgan fingerprint density at radius 2 is 1.74 bits per heavy atom. The van der Waals surface area contributed by atoms with Gasteiger partial charge in [-0.05, 0) is 36.1 Å². The molecule has 0 fully saturated rings. The summed E-state index contributed by atoms with van der Waals surface area (Å²) in [6.45, 7) is 1.93. The van der Waals surface area contributed by atoms with E-state index in [4.69, 9.17) is 0 Å². The first kappa shape index (κ1) is 12.8. The molecule has 0 saturated heterocycles. The minimum Gasteiger partial charge on any atom is -0.358 e. The molecule has 0 heterocycles. The number of anilines is 1. The Kier molecular flexibility index (Phi) is 3.87. The molecule has 0 aliphatic heterocycles. The first-order chi connectivity index (χ1) is 9.16. The third-order valence-corrected chi connectivity index (χ3v) is 2.55. The number of nitrogens with zero attached hydrogens (tertiary/aromatic N) is 2. The normalized spacial score (nSPS) is 11.1. The number of rotatable bonds is 3. The lowest BCUT2D eigenvalue weighted by Gasteiger charge is -2.00. The van der Waals surface area contributed by atoms with Crippen LogP contribution < -0.4 is 5.43 Å². The van der Waals surface area contributed by atoms with Crippen LogP contribution in [0.2, 0.25) is 0 Å². The van der Waals surface area contributed by atoms with E-state index in [0.717, 1.165) is 5.56 Å². The van der Waals surface area contributed by atoms with E-state index >= 15 is 0 Å². The average Bonchev–Trinajstić information content (AvgIpc) is 2.42. The van der Waals surface area contributed by atoms with Crippen molar-refractivity contribution in [2.45, 2.75) is 6.92 Å². The Hall–Kier alpha value is -2.69. The highest BCUT2D eigenvalue weighted by atomic mass is 16.6. The minimum absolute atomic E-state index is 0.205. The molecular weight excluding hydrogens is 242 g/mol. The maximum atomic E-state index is 11.0. The topological polar surface area (TPSA) is 67.5 Å². The summed E-state index contributed by atoms with van der Waals surface area (Å²) in [5.41, 5.74) is 4.90. The van der Waals surface area contributed by atoms with Gasteiger partial charge in [0, 0.05) is 0 Å². The number of hydrogen-bond acceptors (Lipinski definition) is 4. The Bertz CT molecular complexity index is 592. The summed E-state index contributed by atoms with van der Waals surface area (Å²) in [5, 5.41) is 14.9. The zero-order chi connectivity index (χ0) is 13.7. The van der Waals surface area contributed by atoms with Crippen molar-refractivity contribution in [2.24, 2.45) is 5.10 Å². The molecule has 0 radical (unpaired) electrons. The van der Waals surface area contributed by atoms with Crippen molar-refractivity contribution in [3.05, 3.63) is 75.8 Å². The summed E-state index contributed by atoms with van der Waals surface area (Å²) >= 11 is 0. The second kappa shape index (κ2) is 5.77. The van der Waals surface area contributed by atoms with Crippen molar-refractivity contribution in [1.82, 2.24) is 0 Å². The lowest BCUT2D eigenvalue weighted by atomic mass is 10.1. The van der Waals surface area contributed by atoms with Crippen molar-refractivity contribution < 1.29 is 4.92 Å². The van der Waals surface area contributed by atoms with Gasteiger partial charge in [-0.3, -0.25) is 0 Å². The molecule has 19 heavy (non-hydrogen) atoms. The molecule has 1 N–H and O–H groups in total. The molecule has 0 aromatic heterocycles. The van der Waals surface area contributed by atoms with Crippen molar-refractivity contribution >= 4 is 11.5 Å². The number of para-hydroxylation sites is 1. The molecule has 5 heteroatoms. The van der Waals surface area contributed by atoms with E-state index in [1.807, 2.05) is 37.3 Å². The number of hydrazone groups is 1. The SMILES string of the molecule is Cc1ccc(/C(=N/Nc2ccccc2)[N+](=O)[O-])cc1. The predicted octanol–water partition coefficient (Wildman–Crippen LogP) is 3.05.